The molecular weight excluding hydrogens is 340 g/mol. The van der Waals surface area contributed by atoms with Crippen molar-refractivity contribution in [1.29, 1.82) is 0 Å². The number of hydrogen-bond acceptors (Lipinski definition) is 2. The molecule has 0 radical (unpaired) electrons. The number of hydrogen-bond donors (Lipinski definition) is 2. The van der Waals surface area contributed by atoms with Gasteiger partial charge in [0.2, 0.25) is 5.91 Å². The molecule has 0 aliphatic rings. The molecule has 0 unspecified atom stereocenters. The smallest absolute Gasteiger partial charge is 0.226 e. The second-order valence-corrected chi connectivity index (χ2v) is 6.42. The average molecular weight is 361 g/mol. The fourth-order valence-corrected chi connectivity index (χ4v) is 2.67. The van der Waals surface area contributed by atoms with Crippen LogP contribution in [0.25, 0.3) is 0 Å². The summed E-state index contributed by atoms with van der Waals surface area (Å²) in [5.41, 5.74) is 5.46. The molecule has 0 aliphatic heterocycles. The third kappa shape index (κ3) is 4.88. The highest BCUT2D eigenvalue weighted by Gasteiger charge is 2.04. The van der Waals surface area contributed by atoms with Crippen LogP contribution in [0.15, 0.2) is 40.9 Å². The summed E-state index contributed by atoms with van der Waals surface area (Å²) in [6, 6.07) is 12.1. The summed E-state index contributed by atoms with van der Waals surface area (Å²) in [4.78, 5) is 12.0. The van der Waals surface area contributed by atoms with Crippen LogP contribution in [0.4, 0.5) is 11.4 Å². The van der Waals surface area contributed by atoms with Gasteiger partial charge in [0, 0.05) is 28.8 Å². The van der Waals surface area contributed by atoms with E-state index in [1.165, 1.54) is 11.1 Å². The van der Waals surface area contributed by atoms with Crippen LogP contribution in [-0.2, 0) is 4.79 Å². The normalized spacial score (nSPS) is 10.4. The monoisotopic (exact) mass is 360 g/mol. The molecule has 0 heterocycles. The van der Waals surface area contributed by atoms with Gasteiger partial charge in [0.1, 0.15) is 0 Å². The predicted molar refractivity (Wildman–Crippen MR) is 96.5 cm³/mol. The van der Waals surface area contributed by atoms with Crippen molar-refractivity contribution in [3.05, 3.63) is 57.6 Å². The molecule has 22 heavy (non-hydrogen) atoms. The van der Waals surface area contributed by atoms with Crippen molar-refractivity contribution in [3.63, 3.8) is 0 Å². The first-order chi connectivity index (χ1) is 10.4. The zero-order valence-corrected chi connectivity index (χ0v) is 14.8. The van der Waals surface area contributed by atoms with Crippen LogP contribution in [0, 0.1) is 20.8 Å². The lowest BCUT2D eigenvalue weighted by Crippen LogP contribution is -2.16. The number of rotatable bonds is 5. The van der Waals surface area contributed by atoms with Crippen molar-refractivity contribution < 1.29 is 4.79 Å². The van der Waals surface area contributed by atoms with Gasteiger partial charge in [-0.2, -0.15) is 0 Å². The summed E-state index contributed by atoms with van der Waals surface area (Å²) in [5.74, 6) is 0.00706. The van der Waals surface area contributed by atoms with E-state index < -0.39 is 0 Å². The van der Waals surface area contributed by atoms with Crippen LogP contribution in [0.3, 0.4) is 0 Å². The number of carbonyl (C=O) groups is 1. The first kappa shape index (κ1) is 16.6. The van der Waals surface area contributed by atoms with E-state index in [9.17, 15) is 4.79 Å². The predicted octanol–water partition coefficient (Wildman–Crippen LogP) is 4.82. The molecule has 0 atom stereocenters. The minimum atomic E-state index is 0.00706. The van der Waals surface area contributed by atoms with Gasteiger partial charge in [-0.3, -0.25) is 4.79 Å². The van der Waals surface area contributed by atoms with E-state index >= 15 is 0 Å². The molecule has 2 rings (SSSR count). The second kappa shape index (κ2) is 7.45. The van der Waals surface area contributed by atoms with Crippen LogP contribution >= 0.6 is 15.9 Å². The van der Waals surface area contributed by atoms with Crippen LogP contribution in [-0.4, -0.2) is 12.5 Å². The van der Waals surface area contributed by atoms with E-state index in [0.717, 1.165) is 21.4 Å². The molecular formula is C18H21BrN2O. The SMILES string of the molecule is Cc1cc(C)cc(NCCC(=O)Nc2ccc(C)c(Br)c2)c1. The topological polar surface area (TPSA) is 41.1 Å². The summed E-state index contributed by atoms with van der Waals surface area (Å²) >= 11 is 3.47. The number of aryl methyl sites for hydroxylation is 3. The molecule has 3 nitrogen and oxygen atoms in total. The molecule has 2 aromatic rings. The zero-order chi connectivity index (χ0) is 16.1. The van der Waals surface area contributed by atoms with Crippen molar-refractivity contribution in [2.75, 3.05) is 17.2 Å². The molecule has 1 amide bonds. The van der Waals surface area contributed by atoms with E-state index in [1.807, 2.05) is 25.1 Å². The van der Waals surface area contributed by atoms with Gasteiger partial charge in [-0.25, -0.2) is 0 Å². The van der Waals surface area contributed by atoms with Crippen LogP contribution in [0.1, 0.15) is 23.1 Å². The summed E-state index contributed by atoms with van der Waals surface area (Å²) < 4.78 is 0.999. The van der Waals surface area contributed by atoms with Crippen LogP contribution in [0.5, 0.6) is 0 Å². The highest BCUT2D eigenvalue weighted by atomic mass is 79.9. The molecule has 2 N–H and O–H groups in total. The first-order valence-electron chi connectivity index (χ1n) is 7.32. The van der Waals surface area contributed by atoms with Gasteiger partial charge >= 0.3 is 0 Å². The summed E-state index contributed by atoms with van der Waals surface area (Å²) in [5, 5.41) is 6.20. The molecule has 0 saturated carbocycles. The van der Waals surface area contributed by atoms with Gasteiger partial charge in [-0.05, 0) is 61.7 Å². The quantitative estimate of drug-likeness (QED) is 0.802. The maximum Gasteiger partial charge on any atom is 0.226 e. The maximum absolute atomic E-state index is 12.0. The molecule has 0 bridgehead atoms. The Bertz CT molecular complexity index is 663. The molecule has 0 fully saturated rings. The lowest BCUT2D eigenvalue weighted by Gasteiger charge is -2.10. The van der Waals surface area contributed by atoms with E-state index in [4.69, 9.17) is 0 Å². The lowest BCUT2D eigenvalue weighted by atomic mass is 10.1. The van der Waals surface area contributed by atoms with Gasteiger partial charge in [-0.1, -0.05) is 28.1 Å². The lowest BCUT2D eigenvalue weighted by molar-refractivity contribution is -0.115. The number of halogens is 1. The number of benzene rings is 2. The Balaban J connectivity index is 1.83. The summed E-state index contributed by atoms with van der Waals surface area (Å²) in [7, 11) is 0. The van der Waals surface area contributed by atoms with Crippen LogP contribution in [0.2, 0.25) is 0 Å². The molecule has 0 aromatic heterocycles. The Morgan fingerprint density at radius 1 is 1.00 bits per heavy atom. The van der Waals surface area contributed by atoms with Crippen molar-refractivity contribution in [2.45, 2.75) is 27.2 Å². The van der Waals surface area contributed by atoms with Crippen LogP contribution < -0.4 is 10.6 Å². The van der Waals surface area contributed by atoms with E-state index in [-0.39, 0.29) is 5.91 Å². The van der Waals surface area contributed by atoms with Gasteiger partial charge in [0.25, 0.3) is 0 Å². The number of amides is 1. The van der Waals surface area contributed by atoms with Gasteiger partial charge < -0.3 is 10.6 Å². The largest absolute Gasteiger partial charge is 0.385 e. The molecule has 0 aliphatic carbocycles. The third-order valence-electron chi connectivity index (χ3n) is 3.36. The first-order valence-corrected chi connectivity index (χ1v) is 8.11. The molecule has 4 heteroatoms. The van der Waals surface area contributed by atoms with E-state index in [2.05, 4.69) is 58.6 Å². The highest BCUT2D eigenvalue weighted by Crippen LogP contribution is 2.20. The molecule has 0 spiro atoms. The van der Waals surface area contributed by atoms with Gasteiger partial charge in [0.15, 0.2) is 0 Å². The van der Waals surface area contributed by atoms with Crippen molar-refractivity contribution in [3.8, 4) is 0 Å². The summed E-state index contributed by atoms with van der Waals surface area (Å²) in [6.45, 7) is 6.77. The Morgan fingerprint density at radius 2 is 1.68 bits per heavy atom. The molecule has 116 valence electrons. The average Bonchev–Trinajstić information content (AvgIpc) is 2.42. The van der Waals surface area contributed by atoms with E-state index in [0.29, 0.717) is 13.0 Å². The molecule has 2 aromatic carbocycles. The number of nitrogens with one attached hydrogen (secondary N) is 2. The zero-order valence-electron chi connectivity index (χ0n) is 13.2. The Kier molecular flexibility index (Phi) is 5.61. The number of anilines is 2. The van der Waals surface area contributed by atoms with Gasteiger partial charge in [-0.15, -0.1) is 0 Å². The fourth-order valence-electron chi connectivity index (χ4n) is 2.29. The fraction of sp³-hybridized carbons (Fsp3) is 0.278. The van der Waals surface area contributed by atoms with Crippen molar-refractivity contribution in [2.24, 2.45) is 0 Å². The maximum atomic E-state index is 12.0. The Hall–Kier alpha value is -1.81. The van der Waals surface area contributed by atoms with E-state index in [1.54, 1.807) is 0 Å². The standard InChI is InChI=1S/C18H21BrN2O/c1-12-8-13(2)10-16(9-12)20-7-6-18(22)21-15-5-4-14(3)17(19)11-15/h4-5,8-11,20H,6-7H2,1-3H3,(H,21,22). The second-order valence-electron chi connectivity index (χ2n) is 5.57. The van der Waals surface area contributed by atoms with Crippen molar-refractivity contribution in [1.82, 2.24) is 0 Å². The molecule has 0 saturated heterocycles. The Labute approximate surface area is 140 Å². The number of carbonyl (C=O) groups excluding carboxylic acids is 1. The van der Waals surface area contributed by atoms with Gasteiger partial charge in [0.05, 0.1) is 0 Å². The minimum Gasteiger partial charge on any atom is -0.385 e. The Morgan fingerprint density at radius 3 is 2.32 bits per heavy atom. The summed E-state index contributed by atoms with van der Waals surface area (Å²) in [6.07, 6.45) is 0.429. The third-order valence-corrected chi connectivity index (χ3v) is 4.21. The minimum absolute atomic E-state index is 0.00706. The highest BCUT2D eigenvalue weighted by molar-refractivity contribution is 9.10. The van der Waals surface area contributed by atoms with Crippen molar-refractivity contribution >= 4 is 33.2 Å².